The Bertz CT molecular complexity index is 737. The third-order valence-electron chi connectivity index (χ3n) is 3.01. The number of para-hydroxylation sites is 1. The first kappa shape index (κ1) is 19.4. The van der Waals surface area contributed by atoms with Gasteiger partial charge in [-0.1, -0.05) is 48.5 Å². The number of benzene rings is 2. The van der Waals surface area contributed by atoms with Crippen molar-refractivity contribution >= 4 is 7.82 Å². The van der Waals surface area contributed by atoms with Gasteiger partial charge in [0, 0.05) is 0 Å². The van der Waals surface area contributed by atoms with Gasteiger partial charge in [-0.25, -0.2) is 4.57 Å². The molecule has 136 valence electrons. The maximum absolute atomic E-state index is 13.8. The van der Waals surface area contributed by atoms with Crippen molar-refractivity contribution in [2.45, 2.75) is 18.2 Å². The van der Waals surface area contributed by atoms with Crippen molar-refractivity contribution in [1.29, 1.82) is 0 Å². The van der Waals surface area contributed by atoms with E-state index in [2.05, 4.69) is 9.05 Å². The van der Waals surface area contributed by atoms with E-state index in [1.807, 2.05) is 0 Å². The van der Waals surface area contributed by atoms with E-state index in [1.165, 1.54) is 42.5 Å². The molecule has 0 heterocycles. The molecule has 1 N–H and O–H groups in total. The highest BCUT2D eigenvalue weighted by Gasteiger charge is 2.65. The molecule has 0 aromatic heterocycles. The average molecular weight is 382 g/mol. The van der Waals surface area contributed by atoms with Crippen LogP contribution in [0.1, 0.15) is 11.7 Å². The van der Waals surface area contributed by atoms with Crippen LogP contribution in [0.3, 0.4) is 0 Å². The standard InChI is InChI=1S/C15H12F5O4P/c16-14(17,15(18,19)20)13(11-7-3-1-4-8-11)24-25(21,22)23-12-9-5-2-6-10-12/h1-10,13H,(H,21,22)/t13-/m1/s1. The molecule has 2 aromatic carbocycles. The highest BCUT2D eigenvalue weighted by molar-refractivity contribution is 7.47. The Kier molecular flexibility index (Phi) is 5.51. The van der Waals surface area contributed by atoms with E-state index in [4.69, 9.17) is 0 Å². The number of hydrogen-bond acceptors (Lipinski definition) is 3. The number of alkyl halides is 5. The van der Waals surface area contributed by atoms with Crippen LogP contribution in [0.25, 0.3) is 0 Å². The minimum atomic E-state index is -6.00. The molecule has 0 amide bonds. The zero-order chi connectivity index (χ0) is 18.7. The van der Waals surface area contributed by atoms with Crippen LogP contribution in [-0.4, -0.2) is 17.0 Å². The molecule has 4 nitrogen and oxygen atoms in total. The van der Waals surface area contributed by atoms with E-state index in [-0.39, 0.29) is 5.75 Å². The molecular weight excluding hydrogens is 370 g/mol. The van der Waals surface area contributed by atoms with Crippen LogP contribution < -0.4 is 4.52 Å². The summed E-state index contributed by atoms with van der Waals surface area (Å²) in [7, 11) is -5.28. The maximum atomic E-state index is 13.8. The van der Waals surface area contributed by atoms with Crippen LogP contribution >= 0.6 is 7.82 Å². The van der Waals surface area contributed by atoms with Crippen LogP contribution in [0.5, 0.6) is 5.75 Å². The lowest BCUT2D eigenvalue weighted by Gasteiger charge is -2.29. The summed E-state index contributed by atoms with van der Waals surface area (Å²) in [5.41, 5.74) is -0.629. The van der Waals surface area contributed by atoms with Crippen LogP contribution in [0.2, 0.25) is 0 Å². The molecule has 0 spiro atoms. The van der Waals surface area contributed by atoms with Crippen molar-refractivity contribution in [3.05, 3.63) is 66.2 Å². The number of rotatable bonds is 6. The Balaban J connectivity index is 2.35. The lowest BCUT2D eigenvalue weighted by molar-refractivity contribution is -0.312. The molecule has 0 aliphatic carbocycles. The second-order valence-corrected chi connectivity index (χ2v) is 6.22. The number of halogens is 5. The number of phosphoric ester groups is 1. The molecule has 0 saturated heterocycles. The highest BCUT2D eigenvalue weighted by Crippen LogP contribution is 2.55. The second-order valence-electron chi connectivity index (χ2n) is 4.89. The van der Waals surface area contributed by atoms with Crippen LogP contribution in [-0.2, 0) is 9.09 Å². The summed E-state index contributed by atoms with van der Waals surface area (Å²) in [6, 6.07) is 12.4. The lowest BCUT2D eigenvalue weighted by atomic mass is 10.0. The summed E-state index contributed by atoms with van der Waals surface area (Å²) in [6.45, 7) is 0. The van der Waals surface area contributed by atoms with E-state index in [0.29, 0.717) is 0 Å². The Labute approximate surface area is 139 Å². The quantitative estimate of drug-likeness (QED) is 0.557. The van der Waals surface area contributed by atoms with E-state index in [0.717, 1.165) is 12.1 Å². The monoisotopic (exact) mass is 382 g/mol. The fraction of sp³-hybridized carbons (Fsp3) is 0.200. The predicted molar refractivity (Wildman–Crippen MR) is 78.2 cm³/mol. The predicted octanol–water partition coefficient (Wildman–Crippen LogP) is 5.12. The fourth-order valence-corrected chi connectivity index (χ4v) is 2.83. The van der Waals surface area contributed by atoms with Crippen LogP contribution in [0, 0.1) is 0 Å². The first-order valence-electron chi connectivity index (χ1n) is 6.78. The first-order valence-corrected chi connectivity index (χ1v) is 8.28. The number of hydrogen-bond donors (Lipinski definition) is 1. The Morgan fingerprint density at radius 3 is 1.84 bits per heavy atom. The van der Waals surface area contributed by atoms with Crippen molar-refractivity contribution in [3.63, 3.8) is 0 Å². The summed E-state index contributed by atoms with van der Waals surface area (Å²) >= 11 is 0. The van der Waals surface area contributed by atoms with Gasteiger partial charge in [0.05, 0.1) is 0 Å². The Morgan fingerprint density at radius 2 is 1.36 bits per heavy atom. The molecule has 2 aromatic rings. The minimum Gasteiger partial charge on any atom is -0.404 e. The molecule has 0 bridgehead atoms. The third kappa shape index (κ3) is 4.78. The normalized spacial score (nSPS) is 16.1. The molecule has 0 saturated carbocycles. The van der Waals surface area contributed by atoms with Gasteiger partial charge in [0.15, 0.2) is 6.10 Å². The smallest absolute Gasteiger partial charge is 0.404 e. The van der Waals surface area contributed by atoms with Gasteiger partial charge >= 0.3 is 19.9 Å². The van der Waals surface area contributed by atoms with Gasteiger partial charge < -0.3 is 4.52 Å². The van der Waals surface area contributed by atoms with Crippen molar-refractivity contribution in [1.82, 2.24) is 0 Å². The largest absolute Gasteiger partial charge is 0.528 e. The minimum absolute atomic E-state index is 0.226. The van der Waals surface area contributed by atoms with E-state index in [9.17, 15) is 31.4 Å². The molecule has 0 radical (unpaired) electrons. The molecule has 0 aliphatic rings. The van der Waals surface area contributed by atoms with Gasteiger partial charge in [-0.3, -0.25) is 9.42 Å². The van der Waals surface area contributed by atoms with E-state index < -0.39 is 31.6 Å². The van der Waals surface area contributed by atoms with Gasteiger partial charge in [0.2, 0.25) is 0 Å². The first-order chi connectivity index (χ1) is 11.5. The Morgan fingerprint density at radius 1 is 0.880 bits per heavy atom. The lowest BCUT2D eigenvalue weighted by Crippen LogP contribution is -2.43. The van der Waals surface area contributed by atoms with Crippen LogP contribution in [0.4, 0.5) is 22.0 Å². The second kappa shape index (κ2) is 7.11. The summed E-state index contributed by atoms with van der Waals surface area (Å²) in [6.07, 6.45) is -9.06. The summed E-state index contributed by atoms with van der Waals surface area (Å²) < 4.78 is 86.6. The molecule has 2 rings (SSSR count). The molecule has 0 fully saturated rings. The van der Waals surface area contributed by atoms with Crippen LogP contribution in [0.15, 0.2) is 60.7 Å². The number of phosphoric acid groups is 1. The fourth-order valence-electron chi connectivity index (χ4n) is 1.88. The summed E-state index contributed by atoms with van der Waals surface area (Å²) in [5, 5.41) is 0. The topological polar surface area (TPSA) is 55.8 Å². The Hall–Kier alpha value is -1.96. The van der Waals surface area contributed by atoms with Gasteiger partial charge in [-0.2, -0.15) is 22.0 Å². The zero-order valence-corrected chi connectivity index (χ0v) is 13.3. The SMILES string of the molecule is O=P(O)(Oc1ccccc1)O[C@H](c1ccccc1)C(F)(F)C(F)(F)F. The highest BCUT2D eigenvalue weighted by atomic mass is 31.2. The van der Waals surface area contributed by atoms with E-state index in [1.54, 1.807) is 6.07 Å². The molecule has 0 aliphatic heterocycles. The van der Waals surface area contributed by atoms with Crippen molar-refractivity contribution < 1.29 is 40.5 Å². The summed E-state index contributed by atoms with van der Waals surface area (Å²) in [5.74, 6) is -5.65. The molecule has 10 heteroatoms. The van der Waals surface area contributed by atoms with Crippen molar-refractivity contribution in [2.75, 3.05) is 0 Å². The molecule has 2 atom stereocenters. The summed E-state index contributed by atoms with van der Waals surface area (Å²) in [4.78, 5) is 9.64. The molecule has 25 heavy (non-hydrogen) atoms. The van der Waals surface area contributed by atoms with Gasteiger partial charge in [0.25, 0.3) is 0 Å². The van der Waals surface area contributed by atoms with Gasteiger partial charge in [0.1, 0.15) is 5.75 Å². The molecule has 1 unspecified atom stereocenters. The third-order valence-corrected chi connectivity index (χ3v) is 3.93. The average Bonchev–Trinajstić information content (AvgIpc) is 2.53. The van der Waals surface area contributed by atoms with Crippen molar-refractivity contribution in [3.8, 4) is 5.75 Å². The molecular formula is C15H12F5O4P. The zero-order valence-electron chi connectivity index (χ0n) is 12.4. The van der Waals surface area contributed by atoms with Gasteiger partial charge in [-0.15, -0.1) is 0 Å². The van der Waals surface area contributed by atoms with Crippen molar-refractivity contribution in [2.24, 2.45) is 0 Å². The maximum Gasteiger partial charge on any atom is 0.528 e. The van der Waals surface area contributed by atoms with Gasteiger partial charge in [-0.05, 0) is 17.7 Å². The van der Waals surface area contributed by atoms with E-state index >= 15 is 0 Å².